The molecule has 0 spiro atoms. The molecule has 0 heterocycles. The first-order valence-corrected chi connectivity index (χ1v) is 9.78. The number of halogens is 1. The van der Waals surface area contributed by atoms with Crippen LogP contribution in [0.15, 0.2) is 53.0 Å². The molecule has 0 saturated carbocycles. The lowest BCUT2D eigenvalue weighted by Gasteiger charge is -2.19. The van der Waals surface area contributed by atoms with E-state index in [0.29, 0.717) is 31.1 Å². The quantitative estimate of drug-likeness (QED) is 0.566. The van der Waals surface area contributed by atoms with Gasteiger partial charge in [-0.15, -0.1) is 0 Å². The lowest BCUT2D eigenvalue weighted by atomic mass is 10.1. The Hall–Kier alpha value is -2.38. The van der Waals surface area contributed by atoms with Crippen molar-refractivity contribution in [1.82, 2.24) is 10.2 Å². The lowest BCUT2D eigenvalue weighted by Crippen LogP contribution is -2.39. The van der Waals surface area contributed by atoms with Crippen molar-refractivity contribution >= 4 is 27.7 Å². The van der Waals surface area contributed by atoms with Gasteiger partial charge in [-0.2, -0.15) is 0 Å². The van der Waals surface area contributed by atoms with E-state index in [2.05, 4.69) is 21.2 Å². The van der Waals surface area contributed by atoms with E-state index in [1.165, 1.54) is 4.90 Å². The molecule has 0 saturated heterocycles. The summed E-state index contributed by atoms with van der Waals surface area (Å²) in [5, 5.41) is 2.77. The van der Waals surface area contributed by atoms with E-state index in [0.717, 1.165) is 16.5 Å². The summed E-state index contributed by atoms with van der Waals surface area (Å²) in [6, 6.07) is 14.8. The van der Waals surface area contributed by atoms with Crippen LogP contribution in [0.3, 0.4) is 0 Å². The highest BCUT2D eigenvalue weighted by Crippen LogP contribution is 2.23. The van der Waals surface area contributed by atoms with E-state index in [1.54, 1.807) is 32.4 Å². The van der Waals surface area contributed by atoms with E-state index in [1.807, 2.05) is 30.3 Å². The maximum absolute atomic E-state index is 12.8. The highest BCUT2D eigenvalue weighted by molar-refractivity contribution is 9.10. The first-order valence-electron chi connectivity index (χ1n) is 8.99. The molecule has 6 nitrogen and oxygen atoms in total. The second-order valence-corrected chi connectivity index (χ2v) is 7.09. The summed E-state index contributed by atoms with van der Waals surface area (Å²) in [6.07, 6.45) is 0.728. The highest BCUT2D eigenvalue weighted by Gasteiger charge is 2.18. The minimum atomic E-state index is -0.269. The number of ether oxygens (including phenoxy) is 2. The smallest absolute Gasteiger partial charge is 0.257 e. The van der Waals surface area contributed by atoms with Crippen LogP contribution >= 0.6 is 15.9 Å². The number of para-hydroxylation sites is 1. The summed E-state index contributed by atoms with van der Waals surface area (Å²) in [4.78, 5) is 26.2. The van der Waals surface area contributed by atoms with Crippen LogP contribution < -0.4 is 10.1 Å². The number of carbonyl (C=O) groups excluding carboxylic acids is 2. The van der Waals surface area contributed by atoms with Crippen LogP contribution in [-0.2, 0) is 16.1 Å². The molecule has 0 unspecified atom stereocenters. The van der Waals surface area contributed by atoms with Gasteiger partial charge in [-0.1, -0.05) is 46.3 Å². The Balaban J connectivity index is 1.97. The summed E-state index contributed by atoms with van der Waals surface area (Å²) >= 11 is 3.49. The largest absolute Gasteiger partial charge is 0.488 e. The first kappa shape index (κ1) is 21.9. The minimum absolute atomic E-state index is 0.0234. The molecular weight excluding hydrogens is 424 g/mol. The van der Waals surface area contributed by atoms with Gasteiger partial charge in [0.05, 0.1) is 12.1 Å². The summed E-state index contributed by atoms with van der Waals surface area (Å²) in [7, 11) is 3.21. The van der Waals surface area contributed by atoms with Gasteiger partial charge < -0.3 is 19.7 Å². The average molecular weight is 449 g/mol. The zero-order valence-electron chi connectivity index (χ0n) is 16.1. The Morgan fingerprint density at radius 3 is 2.57 bits per heavy atom. The van der Waals surface area contributed by atoms with Crippen LogP contribution in [0, 0.1) is 0 Å². The van der Waals surface area contributed by atoms with Gasteiger partial charge >= 0.3 is 0 Å². The number of nitrogens with one attached hydrogen (secondary N) is 1. The molecule has 2 rings (SSSR count). The number of nitrogens with zero attached hydrogens (tertiary/aromatic N) is 1. The maximum atomic E-state index is 12.8. The van der Waals surface area contributed by atoms with Crippen LogP contribution in [0.1, 0.15) is 22.3 Å². The Kier molecular flexibility index (Phi) is 8.97. The topological polar surface area (TPSA) is 67.9 Å². The summed E-state index contributed by atoms with van der Waals surface area (Å²) in [5.41, 5.74) is 1.40. The van der Waals surface area contributed by atoms with Crippen molar-refractivity contribution in [2.24, 2.45) is 0 Å². The fourth-order valence-electron chi connectivity index (χ4n) is 2.53. The molecule has 0 bridgehead atoms. The molecule has 7 heteroatoms. The van der Waals surface area contributed by atoms with E-state index in [9.17, 15) is 9.59 Å². The molecule has 28 heavy (non-hydrogen) atoms. The predicted octanol–water partition coefficient (Wildman–Crippen LogP) is 3.25. The Bertz CT molecular complexity index is 797. The average Bonchev–Trinajstić information content (AvgIpc) is 2.70. The Morgan fingerprint density at radius 1 is 1.11 bits per heavy atom. The number of benzene rings is 2. The molecule has 0 radical (unpaired) electrons. The van der Waals surface area contributed by atoms with Crippen molar-refractivity contribution in [3.63, 3.8) is 0 Å². The molecule has 0 aliphatic heterocycles. The second kappa shape index (κ2) is 11.5. The number of methoxy groups -OCH3 is 1. The van der Waals surface area contributed by atoms with Gasteiger partial charge in [-0.25, -0.2) is 0 Å². The first-order chi connectivity index (χ1) is 13.5. The number of amides is 2. The SMILES string of the molecule is COCCCNC(=O)CN(C)C(=O)c1ccccc1OCc1ccccc1Br. The molecule has 150 valence electrons. The Morgan fingerprint density at radius 2 is 1.82 bits per heavy atom. The molecule has 1 N–H and O–H groups in total. The van der Waals surface area contributed by atoms with Crippen LogP contribution in [0.4, 0.5) is 0 Å². The summed E-state index contributed by atoms with van der Waals surface area (Å²) < 4.78 is 11.8. The van der Waals surface area contributed by atoms with E-state index in [4.69, 9.17) is 9.47 Å². The predicted molar refractivity (Wildman–Crippen MR) is 111 cm³/mol. The summed E-state index contributed by atoms with van der Waals surface area (Å²) in [6.45, 7) is 1.40. The van der Waals surface area contributed by atoms with Crippen LogP contribution in [0.2, 0.25) is 0 Å². The van der Waals surface area contributed by atoms with Crippen LogP contribution in [0.5, 0.6) is 5.75 Å². The third-order valence-electron chi connectivity index (χ3n) is 4.03. The third kappa shape index (κ3) is 6.65. The fourth-order valence-corrected chi connectivity index (χ4v) is 2.93. The van der Waals surface area contributed by atoms with Gasteiger partial charge in [-0.3, -0.25) is 9.59 Å². The molecule has 2 aromatic carbocycles. The van der Waals surface area contributed by atoms with E-state index < -0.39 is 0 Å². The van der Waals surface area contributed by atoms with E-state index in [-0.39, 0.29) is 18.4 Å². The van der Waals surface area contributed by atoms with Gasteiger partial charge in [0.25, 0.3) is 5.91 Å². The number of hydrogen-bond donors (Lipinski definition) is 1. The van der Waals surface area contributed by atoms with Crippen molar-refractivity contribution in [3.05, 3.63) is 64.1 Å². The standard InChI is InChI=1S/C21H25BrN2O4/c1-24(14-20(25)23-12-7-13-27-2)21(26)17-9-4-6-11-19(17)28-15-16-8-3-5-10-18(16)22/h3-6,8-11H,7,12-15H2,1-2H3,(H,23,25). The molecule has 0 atom stereocenters. The van der Waals surface area contributed by atoms with Gasteiger partial charge in [0.15, 0.2) is 0 Å². The maximum Gasteiger partial charge on any atom is 0.257 e. The van der Waals surface area contributed by atoms with Crippen molar-refractivity contribution < 1.29 is 19.1 Å². The molecular formula is C21H25BrN2O4. The molecule has 2 amide bonds. The van der Waals surface area contributed by atoms with Crippen molar-refractivity contribution in [2.45, 2.75) is 13.0 Å². The second-order valence-electron chi connectivity index (χ2n) is 6.23. The highest BCUT2D eigenvalue weighted by atomic mass is 79.9. The number of hydrogen-bond acceptors (Lipinski definition) is 4. The zero-order chi connectivity index (χ0) is 20.4. The Labute approximate surface area is 174 Å². The van der Waals surface area contributed by atoms with Gasteiger partial charge in [0.2, 0.25) is 5.91 Å². The molecule has 0 aromatic heterocycles. The molecule has 0 aliphatic rings. The fraction of sp³-hybridized carbons (Fsp3) is 0.333. The normalized spacial score (nSPS) is 10.4. The van der Waals surface area contributed by atoms with Gasteiger partial charge in [0.1, 0.15) is 12.4 Å². The van der Waals surface area contributed by atoms with Crippen LogP contribution in [-0.4, -0.2) is 50.6 Å². The van der Waals surface area contributed by atoms with Crippen LogP contribution in [0.25, 0.3) is 0 Å². The third-order valence-corrected chi connectivity index (χ3v) is 4.81. The van der Waals surface area contributed by atoms with Crippen molar-refractivity contribution in [1.29, 1.82) is 0 Å². The zero-order valence-corrected chi connectivity index (χ0v) is 17.7. The molecule has 2 aromatic rings. The number of carbonyl (C=O) groups is 2. The monoisotopic (exact) mass is 448 g/mol. The summed E-state index contributed by atoms with van der Waals surface area (Å²) in [5.74, 6) is 0.00365. The van der Waals surface area contributed by atoms with Crippen molar-refractivity contribution in [3.8, 4) is 5.75 Å². The number of likely N-dealkylation sites (N-methyl/N-ethyl adjacent to an activating group) is 1. The molecule has 0 fully saturated rings. The number of rotatable bonds is 10. The van der Waals surface area contributed by atoms with E-state index >= 15 is 0 Å². The van der Waals surface area contributed by atoms with Gasteiger partial charge in [-0.05, 0) is 24.6 Å². The van der Waals surface area contributed by atoms with Crippen molar-refractivity contribution in [2.75, 3.05) is 33.9 Å². The van der Waals surface area contributed by atoms with Gasteiger partial charge in [0, 0.05) is 37.3 Å². The lowest BCUT2D eigenvalue weighted by molar-refractivity contribution is -0.121. The minimum Gasteiger partial charge on any atom is -0.488 e. The molecule has 0 aliphatic carbocycles.